The Labute approximate surface area is 126 Å². The molecule has 116 valence electrons. The first-order valence-electron chi connectivity index (χ1n) is 7.50. The normalized spacial score (nSPS) is 18.9. The zero-order valence-corrected chi connectivity index (χ0v) is 13.0. The number of rotatable bonds is 3. The lowest BCUT2D eigenvalue weighted by molar-refractivity contribution is 0.0636. The fourth-order valence-corrected chi connectivity index (χ4v) is 2.32. The van der Waals surface area contributed by atoms with Crippen molar-refractivity contribution >= 4 is 17.5 Å². The summed E-state index contributed by atoms with van der Waals surface area (Å²) in [5.41, 5.74) is 1.25. The summed E-state index contributed by atoms with van der Waals surface area (Å²) < 4.78 is 5.25. The van der Waals surface area contributed by atoms with E-state index in [-0.39, 0.29) is 0 Å². The van der Waals surface area contributed by atoms with Gasteiger partial charge in [0, 0.05) is 24.0 Å². The molecule has 3 N–H and O–H groups in total. The topological polar surface area (TPSA) is 62.4 Å². The summed E-state index contributed by atoms with van der Waals surface area (Å²) in [5, 5.41) is 9.62. The highest BCUT2D eigenvalue weighted by Gasteiger charge is 2.16. The minimum Gasteiger partial charge on any atom is -0.444 e. The van der Waals surface area contributed by atoms with Gasteiger partial charge in [0.05, 0.1) is 0 Å². The fraction of sp³-hybridized carbons (Fsp3) is 0.562. The van der Waals surface area contributed by atoms with Crippen LogP contribution in [0.1, 0.15) is 33.6 Å². The molecule has 1 amide bonds. The number of hydrogen-bond donors (Lipinski definition) is 3. The quantitative estimate of drug-likeness (QED) is 0.800. The summed E-state index contributed by atoms with van der Waals surface area (Å²) in [6.07, 6.45) is 1.92. The van der Waals surface area contributed by atoms with E-state index in [0.29, 0.717) is 6.04 Å². The number of anilines is 2. The highest BCUT2D eigenvalue weighted by atomic mass is 16.6. The molecule has 1 heterocycles. The third-order valence-corrected chi connectivity index (χ3v) is 3.18. The summed E-state index contributed by atoms with van der Waals surface area (Å²) in [6, 6.07) is 8.16. The third kappa shape index (κ3) is 5.63. The number of hydrogen-bond acceptors (Lipinski definition) is 4. The molecule has 21 heavy (non-hydrogen) atoms. The third-order valence-electron chi connectivity index (χ3n) is 3.18. The second-order valence-corrected chi connectivity index (χ2v) is 6.40. The van der Waals surface area contributed by atoms with Gasteiger partial charge in [-0.25, -0.2) is 4.79 Å². The number of benzene rings is 1. The Morgan fingerprint density at radius 1 is 1.33 bits per heavy atom. The van der Waals surface area contributed by atoms with Crippen molar-refractivity contribution in [3.8, 4) is 0 Å². The van der Waals surface area contributed by atoms with Gasteiger partial charge in [-0.2, -0.15) is 0 Å². The van der Waals surface area contributed by atoms with Crippen LogP contribution in [0.15, 0.2) is 24.3 Å². The first-order valence-corrected chi connectivity index (χ1v) is 7.50. The molecule has 0 saturated carbocycles. The van der Waals surface area contributed by atoms with Crippen molar-refractivity contribution in [2.24, 2.45) is 0 Å². The zero-order chi connectivity index (χ0) is 15.3. The van der Waals surface area contributed by atoms with E-state index in [2.05, 4.69) is 16.0 Å². The van der Waals surface area contributed by atoms with Gasteiger partial charge in [0.15, 0.2) is 0 Å². The molecule has 1 aromatic carbocycles. The van der Waals surface area contributed by atoms with Crippen molar-refractivity contribution in [3.63, 3.8) is 0 Å². The Kier molecular flexibility index (Phi) is 5.07. The number of nitrogens with one attached hydrogen (secondary N) is 3. The van der Waals surface area contributed by atoms with Crippen molar-refractivity contribution in [1.29, 1.82) is 0 Å². The van der Waals surface area contributed by atoms with Gasteiger partial charge in [0.2, 0.25) is 0 Å². The molecule has 1 aliphatic rings. The molecule has 5 heteroatoms. The van der Waals surface area contributed by atoms with Crippen LogP contribution in [0, 0.1) is 0 Å². The van der Waals surface area contributed by atoms with E-state index in [4.69, 9.17) is 4.74 Å². The van der Waals surface area contributed by atoms with Crippen LogP contribution in [0.5, 0.6) is 0 Å². The smallest absolute Gasteiger partial charge is 0.412 e. The number of carbonyl (C=O) groups is 1. The van der Waals surface area contributed by atoms with Crippen molar-refractivity contribution < 1.29 is 9.53 Å². The van der Waals surface area contributed by atoms with E-state index in [1.807, 2.05) is 45.0 Å². The lowest BCUT2D eigenvalue weighted by atomic mass is 10.1. The van der Waals surface area contributed by atoms with E-state index >= 15 is 0 Å². The molecular weight excluding hydrogens is 266 g/mol. The molecule has 0 spiro atoms. The molecule has 5 nitrogen and oxygen atoms in total. The summed E-state index contributed by atoms with van der Waals surface area (Å²) >= 11 is 0. The molecular formula is C16H25N3O2. The minimum atomic E-state index is -0.492. The monoisotopic (exact) mass is 291 g/mol. The van der Waals surface area contributed by atoms with E-state index in [1.165, 1.54) is 6.42 Å². The summed E-state index contributed by atoms with van der Waals surface area (Å²) in [7, 11) is 0. The van der Waals surface area contributed by atoms with Gasteiger partial charge < -0.3 is 15.4 Å². The van der Waals surface area contributed by atoms with Crippen LogP contribution >= 0.6 is 0 Å². The largest absolute Gasteiger partial charge is 0.444 e. The first-order chi connectivity index (χ1) is 9.92. The summed E-state index contributed by atoms with van der Waals surface area (Å²) in [5.74, 6) is 0. The number of ether oxygens (including phenoxy) is 1. The summed E-state index contributed by atoms with van der Waals surface area (Å²) in [6.45, 7) is 7.62. The molecule has 1 unspecified atom stereocenters. The van der Waals surface area contributed by atoms with E-state index in [1.54, 1.807) is 0 Å². The molecule has 1 saturated heterocycles. The molecule has 0 aliphatic carbocycles. The average molecular weight is 291 g/mol. The molecule has 1 aromatic rings. The van der Waals surface area contributed by atoms with Crippen LogP contribution in [-0.2, 0) is 4.74 Å². The Morgan fingerprint density at radius 2 is 2.10 bits per heavy atom. The first kappa shape index (κ1) is 15.6. The second-order valence-electron chi connectivity index (χ2n) is 6.40. The lowest BCUT2D eigenvalue weighted by Gasteiger charge is -2.25. The van der Waals surface area contributed by atoms with Gasteiger partial charge >= 0.3 is 6.09 Å². The van der Waals surface area contributed by atoms with Crippen LogP contribution in [0.25, 0.3) is 0 Å². The fourth-order valence-electron chi connectivity index (χ4n) is 2.32. The molecule has 2 rings (SSSR count). The van der Waals surface area contributed by atoms with Crippen molar-refractivity contribution in [2.45, 2.75) is 45.3 Å². The predicted octanol–water partition coefficient (Wildman–Crippen LogP) is 3.20. The molecule has 0 bridgehead atoms. The maximum Gasteiger partial charge on any atom is 0.412 e. The van der Waals surface area contributed by atoms with Crippen LogP contribution in [0.2, 0.25) is 0 Å². The molecule has 0 radical (unpaired) electrons. The number of piperidine rings is 1. The standard InChI is InChI=1S/C16H25N3O2/c1-16(2,3)21-15(20)19-13-7-4-6-12(10-13)18-14-8-5-9-17-11-14/h4,6-7,10,14,17-18H,5,8-9,11H2,1-3H3,(H,19,20). The average Bonchev–Trinajstić information content (AvgIpc) is 2.38. The van der Waals surface area contributed by atoms with Crippen LogP contribution in [-0.4, -0.2) is 30.8 Å². The Hall–Kier alpha value is -1.75. The van der Waals surface area contributed by atoms with E-state index in [9.17, 15) is 4.79 Å². The maximum atomic E-state index is 11.8. The van der Waals surface area contributed by atoms with Gasteiger partial charge in [-0.3, -0.25) is 5.32 Å². The van der Waals surface area contributed by atoms with E-state index in [0.717, 1.165) is 30.9 Å². The second kappa shape index (κ2) is 6.80. The summed E-state index contributed by atoms with van der Waals surface area (Å²) in [4.78, 5) is 11.8. The van der Waals surface area contributed by atoms with Crippen LogP contribution < -0.4 is 16.0 Å². The molecule has 1 atom stereocenters. The minimum absolute atomic E-state index is 0.431. The molecule has 1 fully saturated rings. The highest BCUT2D eigenvalue weighted by Crippen LogP contribution is 2.18. The lowest BCUT2D eigenvalue weighted by Crippen LogP contribution is -2.38. The van der Waals surface area contributed by atoms with Crippen molar-refractivity contribution in [2.75, 3.05) is 23.7 Å². The van der Waals surface area contributed by atoms with Gasteiger partial charge in [0.25, 0.3) is 0 Å². The highest BCUT2D eigenvalue weighted by molar-refractivity contribution is 5.85. The van der Waals surface area contributed by atoms with E-state index < -0.39 is 11.7 Å². The molecule has 1 aliphatic heterocycles. The van der Waals surface area contributed by atoms with Gasteiger partial charge in [-0.05, 0) is 58.4 Å². The van der Waals surface area contributed by atoms with Crippen molar-refractivity contribution in [3.05, 3.63) is 24.3 Å². The Bertz CT molecular complexity index is 477. The van der Waals surface area contributed by atoms with Crippen LogP contribution in [0.4, 0.5) is 16.2 Å². The van der Waals surface area contributed by atoms with Gasteiger partial charge in [-0.1, -0.05) is 6.07 Å². The number of carbonyl (C=O) groups excluding carboxylic acids is 1. The maximum absolute atomic E-state index is 11.8. The Balaban J connectivity index is 1.92. The predicted molar refractivity (Wildman–Crippen MR) is 85.8 cm³/mol. The Morgan fingerprint density at radius 3 is 2.76 bits per heavy atom. The van der Waals surface area contributed by atoms with Gasteiger partial charge in [-0.15, -0.1) is 0 Å². The van der Waals surface area contributed by atoms with Crippen molar-refractivity contribution in [1.82, 2.24) is 5.32 Å². The SMILES string of the molecule is CC(C)(C)OC(=O)Nc1cccc(NC2CCCNC2)c1. The molecule has 0 aromatic heterocycles. The van der Waals surface area contributed by atoms with Gasteiger partial charge in [0.1, 0.15) is 5.60 Å². The zero-order valence-electron chi connectivity index (χ0n) is 13.0. The number of amides is 1. The van der Waals surface area contributed by atoms with Crippen LogP contribution in [0.3, 0.4) is 0 Å².